The number of hydrogen-bond acceptors (Lipinski definition) is 8. The second kappa shape index (κ2) is 12.0. The molecule has 1 fully saturated rings. The molecule has 0 aromatic heterocycles. The number of likely N-dealkylation sites (tertiary alicyclic amines) is 1. The van der Waals surface area contributed by atoms with Gasteiger partial charge >= 0.3 is 11.9 Å². The largest absolute Gasteiger partial charge is 0.508 e. The average molecular weight is 480 g/mol. The Kier molecular flexibility index (Phi) is 9.33. The standard InChI is InChI=1S/C21H28N4O9/c22-13(8-11-3-5-12(27)6-4-11)18(30)23-14(9-17(28)29)20(32)25-7-1-2-16(25)19(31)24-15(10-26)21(33)34/h3-6,13-16,26-27H,1-2,7-10,22H2,(H,23,30)(H,24,31)(H,28,29)(H,33,34). The average Bonchev–Trinajstić information content (AvgIpc) is 3.27. The van der Waals surface area contributed by atoms with Crippen molar-refractivity contribution >= 4 is 29.7 Å². The molecular formula is C21H28N4O9. The fourth-order valence-electron chi connectivity index (χ4n) is 3.59. The molecule has 186 valence electrons. The molecule has 0 bridgehead atoms. The quantitative estimate of drug-likeness (QED) is 0.181. The Morgan fingerprint density at radius 2 is 1.71 bits per heavy atom. The van der Waals surface area contributed by atoms with Crippen molar-refractivity contribution in [3.63, 3.8) is 0 Å². The smallest absolute Gasteiger partial charge is 0.328 e. The number of hydrogen-bond donors (Lipinski definition) is 7. The number of nitrogens with two attached hydrogens (primary N) is 1. The zero-order valence-electron chi connectivity index (χ0n) is 18.2. The number of aliphatic hydroxyl groups is 1. The van der Waals surface area contributed by atoms with Crippen molar-refractivity contribution < 1.29 is 44.4 Å². The third kappa shape index (κ3) is 7.15. The molecule has 0 aliphatic carbocycles. The highest BCUT2D eigenvalue weighted by molar-refractivity contribution is 5.96. The number of phenols is 1. The van der Waals surface area contributed by atoms with Crippen LogP contribution in [0, 0.1) is 0 Å². The summed E-state index contributed by atoms with van der Waals surface area (Å²) in [5, 5.41) is 41.2. The van der Waals surface area contributed by atoms with Gasteiger partial charge in [-0.05, 0) is 37.0 Å². The molecule has 1 aliphatic heterocycles. The second-order valence-electron chi connectivity index (χ2n) is 7.91. The van der Waals surface area contributed by atoms with E-state index < -0.39 is 66.9 Å². The Labute approximate surface area is 194 Å². The molecule has 13 nitrogen and oxygen atoms in total. The van der Waals surface area contributed by atoms with Crippen LogP contribution in [-0.4, -0.2) is 92.3 Å². The first kappa shape index (κ1) is 26.5. The van der Waals surface area contributed by atoms with E-state index in [4.69, 9.17) is 15.9 Å². The number of amides is 3. The second-order valence-corrected chi connectivity index (χ2v) is 7.91. The molecule has 1 aliphatic rings. The van der Waals surface area contributed by atoms with Crippen LogP contribution < -0.4 is 16.4 Å². The number of nitrogens with zero attached hydrogens (tertiary/aromatic N) is 1. The topological polar surface area (TPSA) is 220 Å². The van der Waals surface area contributed by atoms with Crippen LogP contribution in [0.2, 0.25) is 0 Å². The van der Waals surface area contributed by atoms with Crippen LogP contribution >= 0.6 is 0 Å². The maximum Gasteiger partial charge on any atom is 0.328 e. The molecule has 0 spiro atoms. The van der Waals surface area contributed by atoms with Crippen molar-refractivity contribution in [3.8, 4) is 5.75 Å². The normalized spacial score (nSPS) is 17.9. The molecule has 0 radical (unpaired) electrons. The Morgan fingerprint density at radius 1 is 1.06 bits per heavy atom. The molecule has 3 amide bonds. The van der Waals surface area contributed by atoms with Gasteiger partial charge in [-0.1, -0.05) is 12.1 Å². The van der Waals surface area contributed by atoms with Gasteiger partial charge in [-0.25, -0.2) is 4.79 Å². The summed E-state index contributed by atoms with van der Waals surface area (Å²) in [5.41, 5.74) is 6.54. The number of carbonyl (C=O) groups is 5. The van der Waals surface area contributed by atoms with Crippen LogP contribution in [0.1, 0.15) is 24.8 Å². The molecule has 1 heterocycles. The van der Waals surface area contributed by atoms with E-state index in [-0.39, 0.29) is 25.1 Å². The summed E-state index contributed by atoms with van der Waals surface area (Å²) in [5.74, 6) is -5.19. The fraction of sp³-hybridized carbons (Fsp3) is 0.476. The van der Waals surface area contributed by atoms with Crippen LogP contribution in [0.15, 0.2) is 24.3 Å². The van der Waals surface area contributed by atoms with Gasteiger partial charge in [-0.2, -0.15) is 0 Å². The minimum absolute atomic E-state index is 0.0340. The summed E-state index contributed by atoms with van der Waals surface area (Å²) < 4.78 is 0. The Morgan fingerprint density at radius 3 is 2.26 bits per heavy atom. The van der Waals surface area contributed by atoms with Gasteiger partial charge in [0.25, 0.3) is 0 Å². The number of benzene rings is 1. The molecule has 2 rings (SSSR count). The van der Waals surface area contributed by atoms with Crippen molar-refractivity contribution in [3.05, 3.63) is 29.8 Å². The number of aromatic hydroxyl groups is 1. The summed E-state index contributed by atoms with van der Waals surface area (Å²) in [6.45, 7) is -0.752. The van der Waals surface area contributed by atoms with Gasteiger partial charge in [0, 0.05) is 6.54 Å². The fourth-order valence-corrected chi connectivity index (χ4v) is 3.59. The van der Waals surface area contributed by atoms with E-state index in [0.29, 0.717) is 12.0 Å². The van der Waals surface area contributed by atoms with Crippen LogP contribution in [0.5, 0.6) is 5.75 Å². The zero-order chi connectivity index (χ0) is 25.4. The summed E-state index contributed by atoms with van der Waals surface area (Å²) in [6, 6.07) is 0.697. The minimum atomic E-state index is -1.56. The summed E-state index contributed by atoms with van der Waals surface area (Å²) in [6.07, 6.45) is -0.0967. The molecule has 13 heteroatoms. The highest BCUT2D eigenvalue weighted by Crippen LogP contribution is 2.20. The number of aliphatic hydroxyl groups excluding tert-OH is 1. The SMILES string of the molecule is NC(Cc1ccc(O)cc1)C(=O)NC(CC(=O)O)C(=O)N1CCCC1C(=O)NC(CO)C(=O)O. The van der Waals surface area contributed by atoms with Gasteiger partial charge in [-0.3, -0.25) is 19.2 Å². The van der Waals surface area contributed by atoms with Gasteiger partial charge in [0.15, 0.2) is 0 Å². The third-order valence-electron chi connectivity index (χ3n) is 5.36. The predicted molar refractivity (Wildman–Crippen MR) is 115 cm³/mol. The van der Waals surface area contributed by atoms with Crippen molar-refractivity contribution in [2.45, 2.75) is 49.9 Å². The summed E-state index contributed by atoms with van der Waals surface area (Å²) >= 11 is 0. The minimum Gasteiger partial charge on any atom is -0.508 e. The number of phenolic OH excluding ortho intramolecular Hbond substituents is 1. The molecule has 1 aromatic carbocycles. The van der Waals surface area contributed by atoms with Gasteiger partial charge in [0.1, 0.15) is 23.9 Å². The number of carbonyl (C=O) groups excluding carboxylic acids is 3. The molecule has 0 saturated carbocycles. The zero-order valence-corrected chi connectivity index (χ0v) is 18.2. The molecule has 1 saturated heterocycles. The number of carboxylic acid groups (broad SMARTS) is 2. The first-order chi connectivity index (χ1) is 16.0. The lowest BCUT2D eigenvalue weighted by atomic mass is 10.0. The van der Waals surface area contributed by atoms with Crippen LogP contribution in [0.25, 0.3) is 0 Å². The van der Waals surface area contributed by atoms with E-state index in [1.165, 1.54) is 12.1 Å². The van der Waals surface area contributed by atoms with Gasteiger partial charge in [0.2, 0.25) is 17.7 Å². The molecule has 34 heavy (non-hydrogen) atoms. The lowest BCUT2D eigenvalue weighted by molar-refractivity contribution is -0.147. The summed E-state index contributed by atoms with van der Waals surface area (Å²) in [4.78, 5) is 61.6. The molecular weight excluding hydrogens is 452 g/mol. The van der Waals surface area contributed by atoms with Crippen molar-refractivity contribution in [1.82, 2.24) is 15.5 Å². The van der Waals surface area contributed by atoms with Gasteiger partial charge in [-0.15, -0.1) is 0 Å². The molecule has 4 atom stereocenters. The van der Waals surface area contributed by atoms with Crippen molar-refractivity contribution in [1.29, 1.82) is 0 Å². The maximum atomic E-state index is 13.1. The molecule has 4 unspecified atom stereocenters. The van der Waals surface area contributed by atoms with Crippen LogP contribution in [0.4, 0.5) is 0 Å². The Balaban J connectivity index is 2.10. The predicted octanol–water partition coefficient (Wildman–Crippen LogP) is -2.23. The Hall–Kier alpha value is -3.71. The van der Waals surface area contributed by atoms with Crippen molar-refractivity contribution in [2.75, 3.05) is 13.2 Å². The highest BCUT2D eigenvalue weighted by atomic mass is 16.4. The lowest BCUT2D eigenvalue weighted by Gasteiger charge is -2.29. The summed E-state index contributed by atoms with van der Waals surface area (Å²) in [7, 11) is 0. The maximum absolute atomic E-state index is 13.1. The number of aliphatic carboxylic acids is 2. The van der Waals surface area contributed by atoms with E-state index in [1.807, 2.05) is 0 Å². The van der Waals surface area contributed by atoms with E-state index >= 15 is 0 Å². The highest BCUT2D eigenvalue weighted by Gasteiger charge is 2.39. The van der Waals surface area contributed by atoms with Gasteiger partial charge < -0.3 is 41.7 Å². The van der Waals surface area contributed by atoms with E-state index in [0.717, 1.165) is 4.90 Å². The van der Waals surface area contributed by atoms with Crippen molar-refractivity contribution in [2.24, 2.45) is 5.73 Å². The monoisotopic (exact) mass is 480 g/mol. The molecule has 1 aromatic rings. The Bertz CT molecular complexity index is 921. The number of nitrogens with one attached hydrogen (secondary N) is 2. The lowest BCUT2D eigenvalue weighted by Crippen LogP contribution is -2.57. The number of carboxylic acids is 2. The van der Waals surface area contributed by atoms with E-state index in [2.05, 4.69) is 10.6 Å². The first-order valence-corrected chi connectivity index (χ1v) is 10.5. The van der Waals surface area contributed by atoms with Crippen LogP contribution in [-0.2, 0) is 30.4 Å². The van der Waals surface area contributed by atoms with E-state index in [1.54, 1.807) is 12.1 Å². The van der Waals surface area contributed by atoms with E-state index in [9.17, 15) is 34.2 Å². The molecule has 8 N–H and O–H groups in total. The number of rotatable bonds is 11. The van der Waals surface area contributed by atoms with Crippen LogP contribution in [0.3, 0.4) is 0 Å². The first-order valence-electron chi connectivity index (χ1n) is 10.5. The van der Waals surface area contributed by atoms with Gasteiger partial charge in [0.05, 0.1) is 19.1 Å². The third-order valence-corrected chi connectivity index (χ3v) is 5.36.